The van der Waals surface area contributed by atoms with Gasteiger partial charge in [-0.05, 0) is 62.9 Å². The van der Waals surface area contributed by atoms with E-state index in [0.717, 1.165) is 37.3 Å². The topological polar surface area (TPSA) is 117 Å². The molecule has 2 aliphatic rings. The number of amides is 2. The maximum absolute atomic E-state index is 12.6. The molecule has 2 aromatic rings. The van der Waals surface area contributed by atoms with Crippen molar-refractivity contribution in [3.05, 3.63) is 58.1 Å². The number of anilines is 3. The van der Waals surface area contributed by atoms with Crippen molar-refractivity contribution in [3.63, 3.8) is 0 Å². The summed E-state index contributed by atoms with van der Waals surface area (Å²) >= 11 is 0. The molecule has 9 nitrogen and oxygen atoms in total. The highest BCUT2D eigenvalue weighted by Gasteiger charge is 2.26. The molecule has 1 aliphatic heterocycles. The Morgan fingerprint density at radius 3 is 2.61 bits per heavy atom. The fourth-order valence-electron chi connectivity index (χ4n) is 4.00. The molecule has 2 fully saturated rings. The molecule has 1 saturated carbocycles. The number of nitrogens with one attached hydrogen (secondary N) is 3. The molecule has 2 aromatic carbocycles. The van der Waals surface area contributed by atoms with Gasteiger partial charge in [-0.25, -0.2) is 0 Å². The second kappa shape index (κ2) is 9.89. The predicted molar refractivity (Wildman–Crippen MR) is 128 cm³/mol. The summed E-state index contributed by atoms with van der Waals surface area (Å²) in [7, 11) is 0. The van der Waals surface area contributed by atoms with Crippen LogP contribution in [0.4, 0.5) is 22.7 Å². The van der Waals surface area contributed by atoms with E-state index >= 15 is 0 Å². The molecule has 2 amide bonds. The Balaban J connectivity index is 1.32. The van der Waals surface area contributed by atoms with Crippen LogP contribution >= 0.6 is 0 Å². The van der Waals surface area contributed by atoms with E-state index in [2.05, 4.69) is 20.9 Å². The minimum Gasteiger partial charge on any atom is -0.377 e. The van der Waals surface area contributed by atoms with Crippen LogP contribution in [-0.2, 0) is 4.79 Å². The summed E-state index contributed by atoms with van der Waals surface area (Å²) in [6.45, 7) is 3.78. The molecule has 1 heterocycles. The first-order valence-electron chi connectivity index (χ1n) is 11.4. The summed E-state index contributed by atoms with van der Waals surface area (Å²) in [4.78, 5) is 38.3. The molecule has 174 valence electrons. The fourth-order valence-corrected chi connectivity index (χ4v) is 4.00. The van der Waals surface area contributed by atoms with Gasteiger partial charge in [0.15, 0.2) is 0 Å². The van der Waals surface area contributed by atoms with Crippen molar-refractivity contribution in [3.8, 4) is 0 Å². The molecule has 0 bridgehead atoms. The number of benzene rings is 2. The number of rotatable bonds is 9. The van der Waals surface area contributed by atoms with Crippen LogP contribution in [-0.4, -0.2) is 41.9 Å². The summed E-state index contributed by atoms with van der Waals surface area (Å²) in [6.07, 6.45) is 4.42. The summed E-state index contributed by atoms with van der Waals surface area (Å²) in [5, 5.41) is 20.2. The Bertz CT molecular complexity index is 1050. The average molecular weight is 452 g/mol. The molecular weight excluding hydrogens is 422 g/mol. The molecule has 1 aliphatic carbocycles. The Morgan fingerprint density at radius 2 is 1.91 bits per heavy atom. The molecule has 0 radical (unpaired) electrons. The molecule has 4 rings (SSSR count). The maximum atomic E-state index is 12.6. The first-order valence-corrected chi connectivity index (χ1v) is 11.4. The van der Waals surface area contributed by atoms with Crippen LogP contribution in [0, 0.1) is 10.1 Å². The SMILES string of the molecule is C[C@@H](CC(=O)Nc1cccc(N2CCCC2)c1)NC(=O)c1ccc(NC2CC2)c([N+](=O)[O-])c1. The fraction of sp³-hybridized carbons (Fsp3) is 0.417. The number of hydrogen-bond acceptors (Lipinski definition) is 6. The molecule has 0 unspecified atom stereocenters. The van der Waals surface area contributed by atoms with Crippen molar-refractivity contribution in [2.75, 3.05) is 28.6 Å². The smallest absolute Gasteiger partial charge is 0.293 e. The number of nitro groups is 1. The normalized spacial score (nSPS) is 16.2. The quantitative estimate of drug-likeness (QED) is 0.393. The van der Waals surface area contributed by atoms with Gasteiger partial charge in [0, 0.05) is 54.6 Å². The van der Waals surface area contributed by atoms with Crippen LogP contribution in [0.2, 0.25) is 0 Å². The first kappa shape index (κ1) is 22.6. The third kappa shape index (κ3) is 6.00. The van der Waals surface area contributed by atoms with Crippen molar-refractivity contribution in [2.45, 2.75) is 51.1 Å². The van der Waals surface area contributed by atoms with Crippen LogP contribution in [0.15, 0.2) is 42.5 Å². The van der Waals surface area contributed by atoms with Crippen molar-refractivity contribution >= 4 is 34.6 Å². The van der Waals surface area contributed by atoms with Gasteiger partial charge in [0.2, 0.25) is 5.91 Å². The standard InChI is InChI=1S/C24H29N5O4/c1-16(13-23(30)27-19-5-4-6-20(15-19)28-11-2-3-12-28)25-24(31)17-7-10-21(26-18-8-9-18)22(14-17)29(32)33/h4-7,10,14-16,18,26H,2-3,8-9,11-13H2,1H3,(H,25,31)(H,27,30)/t16-/m0/s1. The largest absolute Gasteiger partial charge is 0.377 e. The van der Waals surface area contributed by atoms with Crippen molar-refractivity contribution < 1.29 is 14.5 Å². The molecular formula is C24H29N5O4. The summed E-state index contributed by atoms with van der Waals surface area (Å²) in [5.41, 5.74) is 2.29. The predicted octanol–water partition coefficient (Wildman–Crippen LogP) is 3.92. The Labute approximate surface area is 192 Å². The Kier molecular flexibility index (Phi) is 6.76. The molecule has 0 spiro atoms. The number of carbonyl (C=O) groups excluding carboxylic acids is 2. The lowest BCUT2D eigenvalue weighted by Crippen LogP contribution is -2.35. The van der Waals surface area contributed by atoms with Gasteiger partial charge in [0.25, 0.3) is 11.6 Å². The van der Waals surface area contributed by atoms with E-state index in [4.69, 9.17) is 0 Å². The van der Waals surface area contributed by atoms with E-state index in [0.29, 0.717) is 5.69 Å². The highest BCUT2D eigenvalue weighted by atomic mass is 16.6. The van der Waals surface area contributed by atoms with Crippen molar-refractivity contribution in [2.24, 2.45) is 0 Å². The highest BCUT2D eigenvalue weighted by Crippen LogP contribution is 2.31. The molecule has 1 saturated heterocycles. The minimum absolute atomic E-state index is 0.0864. The van der Waals surface area contributed by atoms with Crippen LogP contribution in [0.1, 0.15) is 49.4 Å². The third-order valence-electron chi connectivity index (χ3n) is 5.86. The zero-order valence-electron chi connectivity index (χ0n) is 18.7. The Hall–Kier alpha value is -3.62. The molecule has 0 aromatic heterocycles. The van der Waals surface area contributed by atoms with Crippen LogP contribution in [0.3, 0.4) is 0 Å². The zero-order valence-corrected chi connectivity index (χ0v) is 18.7. The number of hydrogen-bond donors (Lipinski definition) is 3. The second-order valence-corrected chi connectivity index (χ2v) is 8.78. The summed E-state index contributed by atoms with van der Waals surface area (Å²) < 4.78 is 0. The van der Waals surface area contributed by atoms with Gasteiger partial charge in [0.05, 0.1) is 4.92 Å². The second-order valence-electron chi connectivity index (χ2n) is 8.78. The van der Waals surface area contributed by atoms with Crippen LogP contribution in [0.25, 0.3) is 0 Å². The van der Waals surface area contributed by atoms with Gasteiger partial charge in [-0.2, -0.15) is 0 Å². The molecule has 1 atom stereocenters. The average Bonchev–Trinajstić information content (AvgIpc) is 3.42. The molecule has 33 heavy (non-hydrogen) atoms. The summed E-state index contributed by atoms with van der Waals surface area (Å²) in [5.74, 6) is -0.663. The van der Waals surface area contributed by atoms with Gasteiger partial charge in [0.1, 0.15) is 5.69 Å². The van der Waals surface area contributed by atoms with Gasteiger partial charge >= 0.3 is 0 Å². The van der Waals surface area contributed by atoms with Crippen LogP contribution in [0.5, 0.6) is 0 Å². The van der Waals surface area contributed by atoms with E-state index in [1.165, 1.54) is 18.9 Å². The minimum atomic E-state index is -0.491. The van der Waals surface area contributed by atoms with E-state index < -0.39 is 16.9 Å². The lowest BCUT2D eigenvalue weighted by Gasteiger charge is -2.19. The van der Waals surface area contributed by atoms with Crippen molar-refractivity contribution in [1.82, 2.24) is 5.32 Å². The maximum Gasteiger partial charge on any atom is 0.293 e. The summed E-state index contributed by atoms with van der Waals surface area (Å²) in [6, 6.07) is 12.0. The number of carbonyl (C=O) groups is 2. The van der Waals surface area contributed by atoms with E-state index in [-0.39, 0.29) is 29.6 Å². The van der Waals surface area contributed by atoms with Gasteiger partial charge in [-0.3, -0.25) is 19.7 Å². The van der Waals surface area contributed by atoms with Gasteiger partial charge in [-0.15, -0.1) is 0 Å². The lowest BCUT2D eigenvalue weighted by molar-refractivity contribution is -0.384. The van der Waals surface area contributed by atoms with E-state index in [1.54, 1.807) is 19.1 Å². The Morgan fingerprint density at radius 1 is 1.15 bits per heavy atom. The first-order chi connectivity index (χ1) is 15.9. The lowest BCUT2D eigenvalue weighted by atomic mass is 10.1. The number of nitrogens with zero attached hydrogens (tertiary/aromatic N) is 2. The monoisotopic (exact) mass is 451 g/mol. The molecule has 9 heteroatoms. The van der Waals surface area contributed by atoms with Gasteiger partial charge < -0.3 is 20.9 Å². The number of nitro benzene ring substituents is 1. The van der Waals surface area contributed by atoms with E-state index in [9.17, 15) is 19.7 Å². The third-order valence-corrected chi connectivity index (χ3v) is 5.86. The van der Waals surface area contributed by atoms with Gasteiger partial charge in [-0.1, -0.05) is 6.07 Å². The highest BCUT2D eigenvalue weighted by molar-refractivity contribution is 5.97. The van der Waals surface area contributed by atoms with E-state index in [1.807, 2.05) is 24.3 Å². The van der Waals surface area contributed by atoms with Crippen LogP contribution < -0.4 is 20.9 Å². The zero-order chi connectivity index (χ0) is 23.4. The molecule has 3 N–H and O–H groups in total. The van der Waals surface area contributed by atoms with Crippen molar-refractivity contribution in [1.29, 1.82) is 0 Å².